The molecule has 0 aliphatic heterocycles. The van der Waals surface area contributed by atoms with Crippen molar-refractivity contribution in [3.8, 4) is 0 Å². The number of hydrogen-bond donors (Lipinski definition) is 0. The Labute approximate surface area is 304 Å². The number of ether oxygens (including phenoxy) is 1. The normalized spacial score (nSPS) is 11.6. The second-order valence-electron chi connectivity index (χ2n) is 15.4. The highest BCUT2D eigenvalue weighted by Crippen LogP contribution is 2.16. The van der Waals surface area contributed by atoms with Crippen LogP contribution >= 0.6 is 0 Å². The van der Waals surface area contributed by atoms with E-state index >= 15 is 0 Å². The quantitative estimate of drug-likeness (QED) is 0.0366. The Morgan fingerprint density at radius 1 is 0.333 bits per heavy atom. The van der Waals surface area contributed by atoms with Crippen LogP contribution in [0.15, 0.2) is 12.2 Å². The van der Waals surface area contributed by atoms with Gasteiger partial charge >= 0.3 is 5.97 Å². The third kappa shape index (κ3) is 43.2. The number of esters is 1. The van der Waals surface area contributed by atoms with E-state index in [1.54, 1.807) is 0 Å². The third-order valence-corrected chi connectivity index (χ3v) is 10.4. The Morgan fingerprint density at radius 3 is 0.896 bits per heavy atom. The van der Waals surface area contributed by atoms with Crippen molar-refractivity contribution < 1.29 is 9.53 Å². The molecule has 0 aliphatic carbocycles. The van der Waals surface area contributed by atoms with Gasteiger partial charge in [-0.05, 0) is 38.5 Å². The maximum atomic E-state index is 12.0. The molecular weight excluding hydrogens is 585 g/mol. The van der Waals surface area contributed by atoms with E-state index in [0.717, 1.165) is 12.8 Å². The summed E-state index contributed by atoms with van der Waals surface area (Å²) in [6.07, 6.45) is 59.0. The van der Waals surface area contributed by atoms with E-state index in [0.29, 0.717) is 13.0 Å². The van der Waals surface area contributed by atoms with Crippen LogP contribution in [0.5, 0.6) is 0 Å². The molecule has 0 fully saturated rings. The van der Waals surface area contributed by atoms with Crippen LogP contribution in [0.3, 0.4) is 0 Å². The topological polar surface area (TPSA) is 26.3 Å². The number of carbonyl (C=O) groups is 1. The number of unbranched alkanes of at least 4 members (excludes halogenated alkanes) is 36. The molecule has 0 N–H and O–H groups in total. The Morgan fingerprint density at radius 2 is 0.583 bits per heavy atom. The zero-order valence-corrected chi connectivity index (χ0v) is 33.5. The predicted molar refractivity (Wildman–Crippen MR) is 216 cm³/mol. The molecule has 286 valence electrons. The highest BCUT2D eigenvalue weighted by atomic mass is 16.5. The van der Waals surface area contributed by atoms with Crippen molar-refractivity contribution in [2.45, 2.75) is 271 Å². The van der Waals surface area contributed by atoms with Gasteiger partial charge in [0.05, 0.1) is 6.61 Å². The fraction of sp³-hybridized carbons (Fsp3) is 0.935. The van der Waals surface area contributed by atoms with Gasteiger partial charge in [-0.25, -0.2) is 0 Å². The minimum Gasteiger partial charge on any atom is -0.466 e. The van der Waals surface area contributed by atoms with E-state index in [-0.39, 0.29) is 5.97 Å². The van der Waals surface area contributed by atoms with Gasteiger partial charge < -0.3 is 4.74 Å². The summed E-state index contributed by atoms with van der Waals surface area (Å²) in [6, 6.07) is 0. The van der Waals surface area contributed by atoms with Crippen LogP contribution in [0.4, 0.5) is 0 Å². The lowest BCUT2D eigenvalue weighted by Gasteiger charge is -2.06. The first-order valence-corrected chi connectivity index (χ1v) is 22.6. The molecule has 0 rings (SSSR count). The minimum atomic E-state index is 0.0248. The smallest absolute Gasteiger partial charge is 0.305 e. The Balaban J connectivity index is 3.16. The van der Waals surface area contributed by atoms with Gasteiger partial charge in [-0.1, -0.05) is 238 Å². The Bertz CT molecular complexity index is 611. The molecule has 0 heterocycles. The molecular formula is C46H90O2. The molecule has 0 aromatic rings. The second kappa shape index (κ2) is 44.2. The summed E-state index contributed by atoms with van der Waals surface area (Å²) in [5, 5.41) is 0. The second-order valence-corrected chi connectivity index (χ2v) is 15.4. The summed E-state index contributed by atoms with van der Waals surface area (Å²) in [5.41, 5.74) is 0. The molecule has 48 heavy (non-hydrogen) atoms. The van der Waals surface area contributed by atoms with Gasteiger partial charge in [0.1, 0.15) is 0 Å². The lowest BCUT2D eigenvalue weighted by Crippen LogP contribution is -2.05. The molecule has 0 saturated carbocycles. The van der Waals surface area contributed by atoms with E-state index in [1.807, 2.05) is 0 Å². The molecule has 0 radical (unpaired) electrons. The van der Waals surface area contributed by atoms with Crippen LogP contribution in [-0.4, -0.2) is 12.6 Å². The molecule has 0 amide bonds. The first-order valence-electron chi connectivity index (χ1n) is 22.6. The highest BCUT2D eigenvalue weighted by Gasteiger charge is 2.03. The maximum absolute atomic E-state index is 12.0. The molecule has 0 spiro atoms. The Kier molecular flexibility index (Phi) is 43.5. The first-order chi connectivity index (χ1) is 23.8. The van der Waals surface area contributed by atoms with E-state index in [2.05, 4.69) is 26.0 Å². The van der Waals surface area contributed by atoms with Gasteiger partial charge in [0.2, 0.25) is 0 Å². The molecule has 0 bridgehead atoms. The van der Waals surface area contributed by atoms with Crippen molar-refractivity contribution >= 4 is 5.97 Å². The SMILES string of the molecule is CCCCCCCC/C=C/CCCCCCCCOC(=O)CCCCCCCCCCCCCCCCCCCCCCCCCCC. The molecule has 0 aliphatic rings. The molecule has 0 atom stereocenters. The summed E-state index contributed by atoms with van der Waals surface area (Å²) in [6.45, 7) is 5.21. The van der Waals surface area contributed by atoms with Gasteiger partial charge in [-0.15, -0.1) is 0 Å². The van der Waals surface area contributed by atoms with Crippen molar-refractivity contribution in [3.63, 3.8) is 0 Å². The fourth-order valence-electron chi connectivity index (χ4n) is 7.02. The van der Waals surface area contributed by atoms with Crippen molar-refractivity contribution in [2.24, 2.45) is 0 Å². The average molecular weight is 675 g/mol. The van der Waals surface area contributed by atoms with Crippen molar-refractivity contribution in [2.75, 3.05) is 6.61 Å². The van der Waals surface area contributed by atoms with Gasteiger partial charge in [0, 0.05) is 6.42 Å². The number of rotatable bonds is 42. The number of allylic oxidation sites excluding steroid dienone is 2. The maximum Gasteiger partial charge on any atom is 0.305 e. The van der Waals surface area contributed by atoms with Crippen LogP contribution in [0.25, 0.3) is 0 Å². The predicted octanol–water partition coefficient (Wildman–Crippen LogP) is 16.7. The summed E-state index contributed by atoms with van der Waals surface area (Å²) in [7, 11) is 0. The van der Waals surface area contributed by atoms with Crippen LogP contribution in [-0.2, 0) is 9.53 Å². The molecule has 0 aromatic carbocycles. The van der Waals surface area contributed by atoms with Crippen LogP contribution in [0, 0.1) is 0 Å². The van der Waals surface area contributed by atoms with E-state index < -0.39 is 0 Å². The molecule has 0 unspecified atom stereocenters. The standard InChI is InChI=1S/C46H90O2/c1-3-5-7-9-11-13-15-17-19-21-22-23-24-25-26-27-28-29-30-32-34-36-38-40-42-44-46(47)48-45-43-41-39-37-35-33-31-20-18-16-14-12-10-8-6-4-2/h18,20H,3-17,19,21-45H2,1-2H3/b20-18+. The van der Waals surface area contributed by atoms with Gasteiger partial charge in [-0.3, -0.25) is 4.79 Å². The van der Waals surface area contributed by atoms with Gasteiger partial charge in [0.15, 0.2) is 0 Å². The summed E-state index contributed by atoms with van der Waals surface area (Å²) in [4.78, 5) is 12.0. The fourth-order valence-corrected chi connectivity index (χ4v) is 7.02. The molecule has 0 aromatic heterocycles. The summed E-state index contributed by atoms with van der Waals surface area (Å²) < 4.78 is 5.47. The van der Waals surface area contributed by atoms with E-state index in [4.69, 9.17) is 4.74 Å². The monoisotopic (exact) mass is 675 g/mol. The minimum absolute atomic E-state index is 0.0248. The van der Waals surface area contributed by atoms with Gasteiger partial charge in [-0.2, -0.15) is 0 Å². The third-order valence-electron chi connectivity index (χ3n) is 10.4. The largest absolute Gasteiger partial charge is 0.466 e. The van der Waals surface area contributed by atoms with E-state index in [1.165, 1.54) is 238 Å². The van der Waals surface area contributed by atoms with Gasteiger partial charge in [0.25, 0.3) is 0 Å². The first kappa shape index (κ1) is 47.2. The lowest BCUT2D eigenvalue weighted by molar-refractivity contribution is -0.143. The number of hydrogen-bond acceptors (Lipinski definition) is 2. The molecule has 2 nitrogen and oxygen atoms in total. The highest BCUT2D eigenvalue weighted by molar-refractivity contribution is 5.69. The lowest BCUT2D eigenvalue weighted by atomic mass is 10.0. The van der Waals surface area contributed by atoms with Crippen LogP contribution in [0.1, 0.15) is 271 Å². The summed E-state index contributed by atoms with van der Waals surface area (Å²) in [5.74, 6) is 0.0248. The van der Waals surface area contributed by atoms with E-state index in [9.17, 15) is 4.79 Å². The molecule has 0 saturated heterocycles. The Hall–Kier alpha value is -0.790. The summed E-state index contributed by atoms with van der Waals surface area (Å²) >= 11 is 0. The zero-order valence-electron chi connectivity index (χ0n) is 33.5. The molecule has 2 heteroatoms. The number of carbonyl (C=O) groups excluding carboxylic acids is 1. The van der Waals surface area contributed by atoms with Crippen molar-refractivity contribution in [1.29, 1.82) is 0 Å². The average Bonchev–Trinajstić information content (AvgIpc) is 3.09. The zero-order chi connectivity index (χ0) is 34.7. The van der Waals surface area contributed by atoms with Crippen molar-refractivity contribution in [3.05, 3.63) is 12.2 Å². The van der Waals surface area contributed by atoms with Crippen LogP contribution in [0.2, 0.25) is 0 Å². The van der Waals surface area contributed by atoms with Crippen molar-refractivity contribution in [1.82, 2.24) is 0 Å². The van der Waals surface area contributed by atoms with Crippen LogP contribution < -0.4 is 0 Å².